The van der Waals surface area contributed by atoms with Crippen molar-refractivity contribution in [1.29, 1.82) is 0 Å². The molecule has 0 amide bonds. The van der Waals surface area contributed by atoms with Gasteiger partial charge in [-0.15, -0.1) is 11.3 Å². The molecule has 0 spiro atoms. The van der Waals surface area contributed by atoms with Crippen LogP contribution < -0.4 is 0 Å². The fraction of sp³-hybridized carbons (Fsp3) is 0.500. The maximum Gasteiger partial charge on any atom is 0.104 e. The Labute approximate surface area is 108 Å². The summed E-state index contributed by atoms with van der Waals surface area (Å²) in [5, 5.41) is 10.6. The summed E-state index contributed by atoms with van der Waals surface area (Å²) in [7, 11) is -0.606. The van der Waals surface area contributed by atoms with E-state index in [1.54, 1.807) is 11.3 Å². The summed E-state index contributed by atoms with van der Waals surface area (Å²) < 4.78 is 11.2. The van der Waals surface area contributed by atoms with E-state index in [0.29, 0.717) is 0 Å². The van der Waals surface area contributed by atoms with Gasteiger partial charge in [0, 0.05) is 57.8 Å². The van der Waals surface area contributed by atoms with Crippen molar-refractivity contribution in [1.82, 2.24) is 4.90 Å². The molecule has 0 atom stereocenters. The second-order valence-corrected chi connectivity index (χ2v) is 6.58. The Morgan fingerprint density at radius 1 is 1.47 bits per heavy atom. The number of thiophene rings is 1. The van der Waals surface area contributed by atoms with Crippen LogP contribution in [0.15, 0.2) is 11.4 Å². The van der Waals surface area contributed by atoms with Gasteiger partial charge in [-0.05, 0) is 6.07 Å². The van der Waals surface area contributed by atoms with Gasteiger partial charge in [-0.25, -0.2) is 0 Å². The summed E-state index contributed by atoms with van der Waals surface area (Å²) in [6.07, 6.45) is 0. The van der Waals surface area contributed by atoms with E-state index in [1.807, 2.05) is 5.38 Å². The number of rotatable bonds is 2. The third kappa shape index (κ3) is 3.93. The molecule has 1 aromatic heterocycles. The molecule has 0 unspecified atom stereocenters. The van der Waals surface area contributed by atoms with E-state index in [4.69, 9.17) is 5.11 Å². The summed E-state index contributed by atoms with van der Waals surface area (Å²) in [6.45, 7) is 2.66. The summed E-state index contributed by atoms with van der Waals surface area (Å²) in [4.78, 5) is 3.61. The average molecular weight is 269 g/mol. The largest absolute Gasteiger partial charge is 0.384 e. The first-order valence-electron chi connectivity index (χ1n) is 5.52. The van der Waals surface area contributed by atoms with E-state index in [9.17, 15) is 4.21 Å². The molecule has 1 saturated heterocycles. The molecule has 92 valence electrons. The first-order valence-corrected chi connectivity index (χ1v) is 7.89. The lowest BCUT2D eigenvalue weighted by molar-refractivity contribution is 0.294. The Morgan fingerprint density at radius 3 is 2.94 bits per heavy atom. The van der Waals surface area contributed by atoms with Crippen molar-refractivity contribution in [2.75, 3.05) is 31.2 Å². The topological polar surface area (TPSA) is 40.5 Å². The average Bonchev–Trinajstić information content (AvgIpc) is 2.77. The number of nitrogens with zero attached hydrogens (tertiary/aromatic N) is 1. The normalized spacial score (nSPS) is 17.7. The van der Waals surface area contributed by atoms with Crippen LogP contribution in [0.3, 0.4) is 0 Å². The molecule has 1 aliphatic heterocycles. The van der Waals surface area contributed by atoms with Gasteiger partial charge in [-0.1, -0.05) is 11.8 Å². The molecule has 0 bridgehead atoms. The van der Waals surface area contributed by atoms with Crippen molar-refractivity contribution >= 4 is 22.1 Å². The summed E-state index contributed by atoms with van der Waals surface area (Å²) in [5.74, 6) is 7.14. The zero-order valence-electron chi connectivity index (χ0n) is 9.52. The molecule has 3 nitrogen and oxygen atoms in total. The number of hydrogen-bond donors (Lipinski definition) is 1. The van der Waals surface area contributed by atoms with Crippen molar-refractivity contribution in [2.45, 2.75) is 6.54 Å². The van der Waals surface area contributed by atoms with Gasteiger partial charge < -0.3 is 5.11 Å². The van der Waals surface area contributed by atoms with Crippen molar-refractivity contribution in [2.24, 2.45) is 0 Å². The minimum absolute atomic E-state index is 0.0941. The molecule has 1 fully saturated rings. The van der Waals surface area contributed by atoms with E-state index in [-0.39, 0.29) is 6.61 Å². The zero-order chi connectivity index (χ0) is 12.1. The summed E-state index contributed by atoms with van der Waals surface area (Å²) in [6, 6.07) is 2.07. The summed E-state index contributed by atoms with van der Waals surface area (Å²) >= 11 is 1.69. The minimum Gasteiger partial charge on any atom is -0.384 e. The van der Waals surface area contributed by atoms with Crippen LogP contribution in [0.2, 0.25) is 0 Å². The Kier molecular flexibility index (Phi) is 4.75. The molecule has 17 heavy (non-hydrogen) atoms. The van der Waals surface area contributed by atoms with Crippen molar-refractivity contribution < 1.29 is 9.32 Å². The van der Waals surface area contributed by atoms with Gasteiger partial charge in [-0.2, -0.15) is 0 Å². The second-order valence-electron chi connectivity index (χ2n) is 3.89. The third-order valence-corrected chi connectivity index (χ3v) is 4.81. The highest BCUT2D eigenvalue weighted by molar-refractivity contribution is 7.85. The van der Waals surface area contributed by atoms with E-state index >= 15 is 0 Å². The van der Waals surface area contributed by atoms with Gasteiger partial charge in [0.2, 0.25) is 0 Å². The SMILES string of the molecule is O=S1CCN(Cc2cc(C#CCO)cs2)CC1. The number of hydrogen-bond acceptors (Lipinski definition) is 4. The lowest BCUT2D eigenvalue weighted by Crippen LogP contribution is -2.36. The van der Waals surface area contributed by atoms with Crippen LogP contribution in [0.4, 0.5) is 0 Å². The van der Waals surface area contributed by atoms with E-state index in [0.717, 1.165) is 36.7 Å². The molecule has 0 aliphatic carbocycles. The molecule has 2 rings (SSSR count). The fourth-order valence-corrected chi connectivity index (χ4v) is 3.71. The molecule has 1 aromatic rings. The first kappa shape index (κ1) is 12.8. The molecule has 0 radical (unpaired) electrons. The van der Waals surface area contributed by atoms with Crippen molar-refractivity contribution in [3.8, 4) is 11.8 Å². The summed E-state index contributed by atoms with van der Waals surface area (Å²) in [5.41, 5.74) is 0.972. The maximum atomic E-state index is 11.2. The second kappa shape index (κ2) is 6.31. The number of aliphatic hydroxyl groups is 1. The molecule has 0 aromatic carbocycles. The number of aliphatic hydroxyl groups excluding tert-OH is 1. The third-order valence-electron chi connectivity index (χ3n) is 2.62. The predicted molar refractivity (Wildman–Crippen MR) is 71.4 cm³/mol. The highest BCUT2D eigenvalue weighted by atomic mass is 32.2. The van der Waals surface area contributed by atoms with Gasteiger partial charge in [-0.3, -0.25) is 9.11 Å². The Balaban J connectivity index is 1.90. The molecule has 1 aliphatic rings. The van der Waals surface area contributed by atoms with Crippen LogP contribution in [-0.4, -0.2) is 45.4 Å². The van der Waals surface area contributed by atoms with E-state index in [1.165, 1.54) is 4.88 Å². The Hall–Kier alpha value is -0.670. The molecule has 0 saturated carbocycles. The smallest absolute Gasteiger partial charge is 0.104 e. The van der Waals surface area contributed by atoms with Crippen LogP contribution in [0.5, 0.6) is 0 Å². The van der Waals surface area contributed by atoms with Crippen LogP contribution in [0.25, 0.3) is 0 Å². The molecule has 1 N–H and O–H groups in total. The van der Waals surface area contributed by atoms with Crippen LogP contribution in [0.1, 0.15) is 10.4 Å². The van der Waals surface area contributed by atoms with E-state index < -0.39 is 10.8 Å². The van der Waals surface area contributed by atoms with Gasteiger partial charge in [0.15, 0.2) is 0 Å². The fourth-order valence-electron chi connectivity index (χ4n) is 1.72. The van der Waals surface area contributed by atoms with Crippen LogP contribution in [0, 0.1) is 11.8 Å². The molecular formula is C12H15NO2S2. The lowest BCUT2D eigenvalue weighted by Gasteiger charge is -2.25. The van der Waals surface area contributed by atoms with Crippen LogP contribution >= 0.6 is 11.3 Å². The Bertz CT molecular complexity index is 449. The van der Waals surface area contributed by atoms with Crippen molar-refractivity contribution in [3.05, 3.63) is 21.9 Å². The molecule has 2 heterocycles. The monoisotopic (exact) mass is 269 g/mol. The van der Waals surface area contributed by atoms with Gasteiger partial charge in [0.1, 0.15) is 6.61 Å². The lowest BCUT2D eigenvalue weighted by atomic mass is 10.3. The van der Waals surface area contributed by atoms with Gasteiger partial charge in [0.05, 0.1) is 0 Å². The Morgan fingerprint density at radius 2 is 2.24 bits per heavy atom. The van der Waals surface area contributed by atoms with Gasteiger partial charge in [0.25, 0.3) is 0 Å². The first-order chi connectivity index (χ1) is 8.28. The molecular weight excluding hydrogens is 254 g/mol. The van der Waals surface area contributed by atoms with Gasteiger partial charge >= 0.3 is 0 Å². The quantitative estimate of drug-likeness (QED) is 0.802. The highest BCUT2D eigenvalue weighted by Crippen LogP contribution is 2.17. The molecule has 5 heteroatoms. The maximum absolute atomic E-state index is 11.2. The minimum atomic E-state index is -0.606. The zero-order valence-corrected chi connectivity index (χ0v) is 11.1. The van der Waals surface area contributed by atoms with E-state index in [2.05, 4.69) is 22.8 Å². The van der Waals surface area contributed by atoms with Crippen molar-refractivity contribution in [3.63, 3.8) is 0 Å². The van der Waals surface area contributed by atoms with Crippen LogP contribution in [-0.2, 0) is 17.3 Å². The standard InChI is InChI=1S/C12H15NO2S2/c14-5-1-2-11-8-12(16-10-11)9-13-3-6-17(15)7-4-13/h8,10,14H,3-7,9H2. The highest BCUT2D eigenvalue weighted by Gasteiger charge is 2.15. The predicted octanol–water partition coefficient (Wildman–Crippen LogP) is 0.656.